The van der Waals surface area contributed by atoms with Crippen molar-refractivity contribution in [2.75, 3.05) is 33.4 Å². The third-order valence-corrected chi connectivity index (χ3v) is 2.15. The summed E-state index contributed by atoms with van der Waals surface area (Å²) in [7, 11) is 1.60. The number of hydrogen-bond donors (Lipinski definition) is 3. The summed E-state index contributed by atoms with van der Waals surface area (Å²) in [5.74, 6) is -0.0385. The molecule has 0 aromatic carbocycles. The molecule has 0 aromatic heterocycles. The first kappa shape index (κ1) is 14.3. The van der Waals surface area contributed by atoms with Gasteiger partial charge in [-0.1, -0.05) is 6.92 Å². The van der Waals surface area contributed by atoms with Gasteiger partial charge in [-0.25, -0.2) is 0 Å². The van der Waals surface area contributed by atoms with E-state index in [9.17, 15) is 4.79 Å². The van der Waals surface area contributed by atoms with Crippen LogP contribution in [-0.2, 0) is 9.53 Å². The minimum Gasteiger partial charge on any atom is -0.396 e. The van der Waals surface area contributed by atoms with Crippen LogP contribution < -0.4 is 10.6 Å². The topological polar surface area (TPSA) is 70.6 Å². The molecule has 0 aliphatic carbocycles. The molecule has 1 atom stereocenters. The second-order valence-electron chi connectivity index (χ2n) is 3.34. The maximum Gasteiger partial charge on any atom is 0.234 e. The largest absolute Gasteiger partial charge is 0.396 e. The molecule has 0 saturated carbocycles. The summed E-state index contributed by atoms with van der Waals surface area (Å²) in [5, 5.41) is 14.5. The Balaban J connectivity index is 3.50. The highest BCUT2D eigenvalue weighted by atomic mass is 16.5. The van der Waals surface area contributed by atoms with Crippen LogP contribution in [0.15, 0.2) is 0 Å². The van der Waals surface area contributed by atoms with Gasteiger partial charge in [-0.3, -0.25) is 4.79 Å². The van der Waals surface area contributed by atoms with E-state index in [1.807, 2.05) is 6.92 Å². The van der Waals surface area contributed by atoms with E-state index in [0.29, 0.717) is 26.1 Å². The molecule has 0 aliphatic heterocycles. The number of carbonyl (C=O) groups is 1. The second kappa shape index (κ2) is 9.89. The summed E-state index contributed by atoms with van der Waals surface area (Å²) in [6, 6.07) is 0.211. The lowest BCUT2D eigenvalue weighted by molar-refractivity contribution is -0.120. The quantitative estimate of drug-likeness (QED) is 0.456. The highest BCUT2D eigenvalue weighted by molar-refractivity contribution is 5.77. The Morgan fingerprint density at radius 3 is 2.80 bits per heavy atom. The van der Waals surface area contributed by atoms with Gasteiger partial charge >= 0.3 is 0 Å². The molecule has 1 amide bonds. The van der Waals surface area contributed by atoms with Crippen molar-refractivity contribution in [2.24, 2.45) is 0 Å². The Morgan fingerprint density at radius 2 is 2.27 bits per heavy atom. The Labute approximate surface area is 91.2 Å². The Hall–Kier alpha value is -0.650. The van der Waals surface area contributed by atoms with Crippen molar-refractivity contribution in [3.8, 4) is 0 Å². The monoisotopic (exact) mass is 218 g/mol. The van der Waals surface area contributed by atoms with Crippen LogP contribution in [0.1, 0.15) is 19.8 Å². The van der Waals surface area contributed by atoms with Crippen molar-refractivity contribution < 1.29 is 14.6 Å². The molecule has 0 aromatic rings. The normalized spacial score (nSPS) is 12.5. The van der Waals surface area contributed by atoms with Gasteiger partial charge in [0.25, 0.3) is 0 Å². The lowest BCUT2D eigenvalue weighted by Gasteiger charge is -2.15. The molecular weight excluding hydrogens is 196 g/mol. The van der Waals surface area contributed by atoms with Crippen molar-refractivity contribution >= 4 is 5.91 Å². The number of nitrogens with one attached hydrogen (secondary N) is 2. The van der Waals surface area contributed by atoms with Crippen LogP contribution in [0.5, 0.6) is 0 Å². The van der Waals surface area contributed by atoms with Gasteiger partial charge in [0, 0.05) is 26.3 Å². The van der Waals surface area contributed by atoms with Gasteiger partial charge in [0.15, 0.2) is 0 Å². The summed E-state index contributed by atoms with van der Waals surface area (Å²) in [6.45, 7) is 3.53. The first-order chi connectivity index (χ1) is 7.24. The molecule has 15 heavy (non-hydrogen) atoms. The Bertz CT molecular complexity index is 165. The van der Waals surface area contributed by atoms with Gasteiger partial charge in [-0.15, -0.1) is 0 Å². The zero-order valence-corrected chi connectivity index (χ0v) is 9.58. The first-order valence-electron chi connectivity index (χ1n) is 5.34. The van der Waals surface area contributed by atoms with E-state index in [1.54, 1.807) is 7.11 Å². The zero-order chi connectivity index (χ0) is 11.5. The molecule has 5 nitrogen and oxygen atoms in total. The molecule has 0 heterocycles. The molecule has 0 fully saturated rings. The molecule has 0 spiro atoms. The van der Waals surface area contributed by atoms with Gasteiger partial charge < -0.3 is 20.5 Å². The lowest BCUT2D eigenvalue weighted by Crippen LogP contribution is -2.40. The standard InChI is InChI=1S/C10H22N2O3/c1-3-9(4-6-13)12-8-10(14)11-5-7-15-2/h9,12-13H,3-8H2,1-2H3,(H,11,14). The fourth-order valence-electron chi connectivity index (χ4n) is 1.20. The van der Waals surface area contributed by atoms with Crippen molar-refractivity contribution in [2.45, 2.75) is 25.8 Å². The predicted octanol–water partition coefficient (Wildman–Crippen LogP) is -0.500. The molecule has 0 aliphatic rings. The molecule has 1 unspecified atom stereocenters. The summed E-state index contributed by atoms with van der Waals surface area (Å²) in [4.78, 5) is 11.3. The lowest BCUT2D eigenvalue weighted by atomic mass is 10.1. The Kier molecular flexibility index (Phi) is 9.46. The third-order valence-electron chi connectivity index (χ3n) is 2.15. The fourth-order valence-corrected chi connectivity index (χ4v) is 1.20. The predicted molar refractivity (Wildman–Crippen MR) is 58.7 cm³/mol. The van der Waals surface area contributed by atoms with E-state index in [0.717, 1.165) is 6.42 Å². The van der Waals surface area contributed by atoms with E-state index in [1.165, 1.54) is 0 Å². The van der Waals surface area contributed by atoms with Crippen LogP contribution in [0, 0.1) is 0 Å². The van der Waals surface area contributed by atoms with Crippen molar-refractivity contribution in [1.82, 2.24) is 10.6 Å². The Morgan fingerprint density at radius 1 is 1.53 bits per heavy atom. The second-order valence-corrected chi connectivity index (χ2v) is 3.34. The van der Waals surface area contributed by atoms with Crippen molar-refractivity contribution in [3.63, 3.8) is 0 Å². The number of amides is 1. The summed E-state index contributed by atoms with van der Waals surface area (Å²) < 4.78 is 4.81. The van der Waals surface area contributed by atoms with Gasteiger partial charge in [0.2, 0.25) is 5.91 Å². The number of rotatable bonds is 9. The number of methoxy groups -OCH3 is 1. The molecule has 3 N–H and O–H groups in total. The van der Waals surface area contributed by atoms with Crippen molar-refractivity contribution in [3.05, 3.63) is 0 Å². The zero-order valence-electron chi connectivity index (χ0n) is 9.58. The number of carbonyl (C=O) groups excluding carboxylic acids is 1. The third kappa shape index (κ3) is 8.35. The number of aliphatic hydroxyl groups excluding tert-OH is 1. The van der Waals surface area contributed by atoms with Crippen LogP contribution in [-0.4, -0.2) is 50.5 Å². The van der Waals surface area contributed by atoms with Gasteiger partial charge in [0.05, 0.1) is 13.2 Å². The van der Waals surface area contributed by atoms with E-state index in [-0.39, 0.29) is 18.6 Å². The smallest absolute Gasteiger partial charge is 0.234 e. The maximum absolute atomic E-state index is 11.3. The van der Waals surface area contributed by atoms with E-state index in [4.69, 9.17) is 9.84 Å². The van der Waals surface area contributed by atoms with E-state index in [2.05, 4.69) is 10.6 Å². The minimum atomic E-state index is -0.0385. The fraction of sp³-hybridized carbons (Fsp3) is 0.900. The molecule has 0 radical (unpaired) electrons. The van der Waals surface area contributed by atoms with Crippen LogP contribution in [0.3, 0.4) is 0 Å². The summed E-state index contributed by atoms with van der Waals surface area (Å²) in [5.41, 5.74) is 0. The van der Waals surface area contributed by atoms with Crippen LogP contribution in [0.2, 0.25) is 0 Å². The van der Waals surface area contributed by atoms with Gasteiger partial charge in [-0.05, 0) is 12.8 Å². The number of aliphatic hydroxyl groups is 1. The molecule has 90 valence electrons. The summed E-state index contributed by atoms with van der Waals surface area (Å²) in [6.07, 6.45) is 1.59. The average molecular weight is 218 g/mol. The molecule has 0 bridgehead atoms. The van der Waals surface area contributed by atoms with Crippen LogP contribution >= 0.6 is 0 Å². The number of ether oxygens (including phenoxy) is 1. The molecule has 0 saturated heterocycles. The van der Waals surface area contributed by atoms with Crippen LogP contribution in [0.25, 0.3) is 0 Å². The average Bonchev–Trinajstić information content (AvgIpc) is 2.24. The van der Waals surface area contributed by atoms with Gasteiger partial charge in [-0.2, -0.15) is 0 Å². The van der Waals surface area contributed by atoms with Gasteiger partial charge in [0.1, 0.15) is 0 Å². The molecule has 5 heteroatoms. The molecule has 0 rings (SSSR count). The first-order valence-corrected chi connectivity index (χ1v) is 5.34. The maximum atomic E-state index is 11.3. The number of hydrogen-bond acceptors (Lipinski definition) is 4. The van der Waals surface area contributed by atoms with E-state index >= 15 is 0 Å². The highest BCUT2D eigenvalue weighted by Gasteiger charge is 2.06. The minimum absolute atomic E-state index is 0.0385. The summed E-state index contributed by atoms with van der Waals surface area (Å²) >= 11 is 0. The molecular formula is C10H22N2O3. The van der Waals surface area contributed by atoms with Crippen LogP contribution in [0.4, 0.5) is 0 Å². The van der Waals surface area contributed by atoms with E-state index < -0.39 is 0 Å². The highest BCUT2D eigenvalue weighted by Crippen LogP contribution is 1.95. The SMILES string of the molecule is CCC(CCO)NCC(=O)NCCOC. The van der Waals surface area contributed by atoms with Crippen molar-refractivity contribution in [1.29, 1.82) is 0 Å².